The smallest absolute Gasteiger partial charge is 0.237 e. The van der Waals surface area contributed by atoms with Crippen molar-refractivity contribution in [3.05, 3.63) is 0 Å². The molecule has 34 heavy (non-hydrogen) atoms. The molecule has 191 valence electrons. The van der Waals surface area contributed by atoms with Crippen LogP contribution in [0.3, 0.4) is 0 Å². The van der Waals surface area contributed by atoms with Gasteiger partial charge in [0.1, 0.15) is 0 Å². The van der Waals surface area contributed by atoms with Gasteiger partial charge in [-0.1, -0.05) is 78.5 Å². The molecule has 9 heteroatoms. The van der Waals surface area contributed by atoms with Crippen molar-refractivity contribution in [1.82, 2.24) is 19.9 Å². The van der Waals surface area contributed by atoms with Crippen molar-refractivity contribution in [2.45, 2.75) is 97.3 Å². The number of piperazine rings is 1. The Morgan fingerprint density at radius 2 is 1.53 bits per heavy atom. The molecule has 1 amide bonds. The lowest BCUT2D eigenvalue weighted by atomic mass is 9.81. The number of nitrogens with zero attached hydrogens (tertiary/aromatic N) is 6. The van der Waals surface area contributed by atoms with Crippen molar-refractivity contribution in [2.24, 2.45) is 5.73 Å². The number of primary amides is 1. The molecule has 0 bridgehead atoms. The molecule has 1 saturated heterocycles. The largest absolute Gasteiger partial charge is 0.368 e. The summed E-state index contributed by atoms with van der Waals surface area (Å²) >= 11 is 0. The number of hydrogen-bond donors (Lipinski definition) is 1. The first kappa shape index (κ1) is 28.3. The maximum atomic E-state index is 11.3. The van der Waals surface area contributed by atoms with Gasteiger partial charge >= 0.3 is 0 Å². The Bertz CT molecular complexity index is 713. The maximum Gasteiger partial charge on any atom is 0.237 e. The van der Waals surface area contributed by atoms with Crippen molar-refractivity contribution in [3.63, 3.8) is 0 Å². The van der Waals surface area contributed by atoms with Crippen LogP contribution in [0.5, 0.6) is 0 Å². The molecule has 2 rings (SSSR count). The fourth-order valence-electron chi connectivity index (χ4n) is 4.70. The quantitative estimate of drug-likeness (QED) is 0.275. The van der Waals surface area contributed by atoms with Crippen molar-refractivity contribution in [3.8, 4) is 0 Å². The predicted octanol–water partition coefficient (Wildman–Crippen LogP) is 2.99. The minimum Gasteiger partial charge on any atom is -0.368 e. The Labute approximate surface area is 208 Å². The molecule has 0 aliphatic carbocycles. The van der Waals surface area contributed by atoms with Gasteiger partial charge in [0.05, 0.1) is 12.3 Å². The summed E-state index contributed by atoms with van der Waals surface area (Å²) < 4.78 is 0. The number of aromatic nitrogens is 3. The number of carbonyl (C=O) groups excluding carboxylic acids is 1. The lowest BCUT2D eigenvalue weighted by Crippen LogP contribution is -2.51. The van der Waals surface area contributed by atoms with E-state index in [4.69, 9.17) is 5.73 Å². The van der Waals surface area contributed by atoms with Gasteiger partial charge in [0.2, 0.25) is 25.1 Å². The van der Waals surface area contributed by atoms with Crippen LogP contribution in [-0.2, 0) is 4.79 Å². The van der Waals surface area contributed by atoms with Gasteiger partial charge in [-0.2, -0.15) is 4.98 Å². The minimum atomic E-state index is -0.403. The average Bonchev–Trinajstić information content (AvgIpc) is 2.84. The highest BCUT2D eigenvalue weighted by Crippen LogP contribution is 2.21. The van der Waals surface area contributed by atoms with E-state index in [1.807, 2.05) is 14.1 Å². The fourth-order valence-corrected chi connectivity index (χ4v) is 4.70. The molecule has 1 aromatic rings. The molecule has 1 atom stereocenters. The summed E-state index contributed by atoms with van der Waals surface area (Å²) in [6.45, 7) is 10.5. The number of likely N-dealkylation sites (N-methyl/N-ethyl adjacent to an activating group) is 1. The fraction of sp³-hybridized carbons (Fsp3) is 0.840. The summed E-state index contributed by atoms with van der Waals surface area (Å²) in [5, 5.41) is 0. The number of carbonyl (C=O) groups is 1. The summed E-state index contributed by atoms with van der Waals surface area (Å²) in [6.07, 6.45) is 14.7. The third-order valence-electron chi connectivity index (χ3n) is 6.77. The van der Waals surface area contributed by atoms with E-state index in [0.29, 0.717) is 23.7 Å². The van der Waals surface area contributed by atoms with E-state index >= 15 is 0 Å². The molecule has 0 aromatic carbocycles. The summed E-state index contributed by atoms with van der Waals surface area (Å²) in [4.78, 5) is 31.7. The zero-order valence-corrected chi connectivity index (χ0v) is 22.1. The SMILES string of the molecule is C[B]c1nc(N(C)CC(N)=O)nc(N2CCN(C(CCCCCC)CCCCCCC)CC2)n1. The van der Waals surface area contributed by atoms with E-state index in [1.165, 1.54) is 70.6 Å². The van der Waals surface area contributed by atoms with Gasteiger partial charge in [-0.3, -0.25) is 9.69 Å². The van der Waals surface area contributed by atoms with Gasteiger partial charge < -0.3 is 15.5 Å². The highest BCUT2D eigenvalue weighted by Gasteiger charge is 2.25. The third-order valence-corrected chi connectivity index (χ3v) is 6.77. The van der Waals surface area contributed by atoms with Gasteiger partial charge in [0, 0.05) is 39.3 Å². The van der Waals surface area contributed by atoms with Gasteiger partial charge in [-0.05, 0) is 12.8 Å². The molecule has 0 spiro atoms. The van der Waals surface area contributed by atoms with Crippen LogP contribution in [0.15, 0.2) is 0 Å². The second-order valence-electron chi connectivity index (χ2n) is 9.63. The lowest BCUT2D eigenvalue weighted by molar-refractivity contribution is -0.116. The molecule has 1 radical (unpaired) electrons. The Morgan fingerprint density at radius 3 is 2.09 bits per heavy atom. The second-order valence-corrected chi connectivity index (χ2v) is 9.63. The molecule has 8 nitrogen and oxygen atoms in total. The van der Waals surface area contributed by atoms with Crippen molar-refractivity contribution in [1.29, 1.82) is 0 Å². The monoisotopic (exact) mass is 472 g/mol. The number of nitrogens with two attached hydrogens (primary N) is 1. The van der Waals surface area contributed by atoms with Crippen LogP contribution < -0.4 is 21.3 Å². The molecule has 2 N–H and O–H groups in total. The standard InChI is InChI=1S/C25H47BN7O/c1-5-7-9-11-13-15-21(14-12-10-8-6-2)32-16-18-33(19-17-32)25-29-23(26-3)28-24(30-25)31(4)20-22(27)34/h21H,5-20H2,1-4H3,(H2,27,34). The number of amides is 1. The van der Waals surface area contributed by atoms with Crippen LogP contribution in [-0.4, -0.2) is 78.9 Å². The number of unbranched alkanes of at least 4 members (excludes halogenated alkanes) is 7. The van der Waals surface area contributed by atoms with E-state index in [2.05, 4.69) is 38.6 Å². The Hall–Kier alpha value is -1.90. The van der Waals surface area contributed by atoms with Gasteiger partial charge in [-0.25, -0.2) is 9.97 Å². The predicted molar refractivity (Wildman–Crippen MR) is 143 cm³/mol. The van der Waals surface area contributed by atoms with Gasteiger partial charge in [0.15, 0.2) is 0 Å². The molecular formula is C25H47BN7O. The van der Waals surface area contributed by atoms with Crippen LogP contribution in [0.2, 0.25) is 6.82 Å². The number of anilines is 2. The molecule has 1 aliphatic heterocycles. The minimum absolute atomic E-state index is 0.0817. The van der Waals surface area contributed by atoms with Crippen LogP contribution in [0.4, 0.5) is 11.9 Å². The Morgan fingerprint density at radius 1 is 0.941 bits per heavy atom. The van der Waals surface area contributed by atoms with E-state index in [9.17, 15) is 4.79 Å². The van der Waals surface area contributed by atoms with Gasteiger partial charge in [-0.15, -0.1) is 0 Å². The van der Waals surface area contributed by atoms with E-state index in [-0.39, 0.29) is 6.54 Å². The molecule has 0 saturated carbocycles. The topological polar surface area (TPSA) is 91.5 Å². The van der Waals surface area contributed by atoms with E-state index in [0.717, 1.165) is 26.2 Å². The summed E-state index contributed by atoms with van der Waals surface area (Å²) in [5.41, 5.74) is 5.98. The lowest BCUT2D eigenvalue weighted by Gasteiger charge is -2.39. The molecule has 1 aromatic heterocycles. The average molecular weight is 473 g/mol. The van der Waals surface area contributed by atoms with Gasteiger partial charge in [0.25, 0.3) is 0 Å². The summed E-state index contributed by atoms with van der Waals surface area (Å²) in [7, 11) is 3.65. The molecule has 1 fully saturated rings. The van der Waals surface area contributed by atoms with Crippen LogP contribution in [0, 0.1) is 0 Å². The molecule has 1 unspecified atom stereocenters. The van der Waals surface area contributed by atoms with Crippen LogP contribution >= 0.6 is 0 Å². The van der Waals surface area contributed by atoms with E-state index in [1.54, 1.807) is 11.9 Å². The summed E-state index contributed by atoms with van der Waals surface area (Å²) in [5.74, 6) is 0.771. The highest BCUT2D eigenvalue weighted by molar-refractivity contribution is 6.49. The highest BCUT2D eigenvalue weighted by atomic mass is 16.1. The first-order chi connectivity index (χ1) is 16.5. The number of rotatable bonds is 17. The number of hydrogen-bond acceptors (Lipinski definition) is 7. The molecule has 1 aliphatic rings. The Kier molecular flexibility index (Phi) is 13.3. The molecular weight excluding hydrogens is 425 g/mol. The van der Waals surface area contributed by atoms with Crippen molar-refractivity contribution >= 4 is 30.8 Å². The summed E-state index contributed by atoms with van der Waals surface area (Å²) in [6, 6.07) is 0.691. The van der Waals surface area contributed by atoms with Crippen LogP contribution in [0.1, 0.15) is 84.5 Å². The molecule has 2 heterocycles. The first-order valence-electron chi connectivity index (χ1n) is 13.5. The second kappa shape index (κ2) is 15.9. The first-order valence-corrected chi connectivity index (χ1v) is 13.5. The zero-order chi connectivity index (χ0) is 24.8. The normalized spacial score (nSPS) is 15.4. The van der Waals surface area contributed by atoms with Crippen molar-refractivity contribution in [2.75, 3.05) is 49.6 Å². The van der Waals surface area contributed by atoms with Crippen LogP contribution in [0.25, 0.3) is 0 Å². The van der Waals surface area contributed by atoms with Crippen molar-refractivity contribution < 1.29 is 4.79 Å². The third kappa shape index (κ3) is 9.76. The zero-order valence-electron chi connectivity index (χ0n) is 22.1. The van der Waals surface area contributed by atoms with E-state index < -0.39 is 5.91 Å². The Balaban J connectivity index is 1.98. The maximum absolute atomic E-state index is 11.3.